The van der Waals surface area contributed by atoms with Crippen molar-refractivity contribution in [2.24, 2.45) is 11.8 Å². The van der Waals surface area contributed by atoms with Gasteiger partial charge in [-0.05, 0) is 31.1 Å². The number of rotatable bonds is 2. The van der Waals surface area contributed by atoms with Crippen molar-refractivity contribution in [1.82, 2.24) is 9.97 Å². The van der Waals surface area contributed by atoms with Gasteiger partial charge in [0.2, 0.25) is 5.88 Å². The predicted octanol–water partition coefficient (Wildman–Crippen LogP) is 2.92. The highest BCUT2D eigenvalue weighted by molar-refractivity contribution is 6.32. The van der Waals surface area contributed by atoms with Crippen molar-refractivity contribution in [2.75, 3.05) is 5.73 Å². The third-order valence-electron chi connectivity index (χ3n) is 3.63. The third kappa shape index (κ3) is 2.80. The average molecular weight is 256 g/mol. The number of ether oxygens (including phenoxy) is 1. The predicted molar refractivity (Wildman–Crippen MR) is 68.0 cm³/mol. The van der Waals surface area contributed by atoms with E-state index in [1.165, 1.54) is 12.7 Å². The van der Waals surface area contributed by atoms with E-state index in [0.29, 0.717) is 17.5 Å². The van der Waals surface area contributed by atoms with E-state index in [1.807, 2.05) is 0 Å². The largest absolute Gasteiger partial charge is 0.473 e. The number of anilines is 1. The number of hydrogen-bond donors (Lipinski definition) is 1. The van der Waals surface area contributed by atoms with E-state index < -0.39 is 0 Å². The third-order valence-corrected chi connectivity index (χ3v) is 3.93. The molecule has 0 aromatic carbocycles. The van der Waals surface area contributed by atoms with Crippen LogP contribution in [0.5, 0.6) is 5.88 Å². The summed E-state index contributed by atoms with van der Waals surface area (Å²) in [6, 6.07) is 0. The van der Waals surface area contributed by atoms with Crippen LogP contribution in [0.2, 0.25) is 5.15 Å². The lowest BCUT2D eigenvalue weighted by atomic mass is 9.80. The molecule has 1 aromatic rings. The van der Waals surface area contributed by atoms with Crippen molar-refractivity contribution >= 4 is 17.3 Å². The Balaban J connectivity index is 2.04. The molecule has 0 aliphatic heterocycles. The molecular weight excluding hydrogens is 238 g/mol. The second-order valence-electron chi connectivity index (χ2n) is 4.89. The van der Waals surface area contributed by atoms with Crippen LogP contribution in [0.1, 0.15) is 33.1 Å². The summed E-state index contributed by atoms with van der Waals surface area (Å²) < 4.78 is 5.83. The first-order valence-electron chi connectivity index (χ1n) is 6.00. The van der Waals surface area contributed by atoms with Crippen LogP contribution in [-0.2, 0) is 0 Å². The van der Waals surface area contributed by atoms with Crippen LogP contribution >= 0.6 is 11.6 Å². The number of nitrogens with zero attached hydrogens (tertiary/aromatic N) is 2. The second kappa shape index (κ2) is 5.08. The topological polar surface area (TPSA) is 61.0 Å². The molecule has 1 aliphatic rings. The van der Waals surface area contributed by atoms with Gasteiger partial charge in [0.15, 0.2) is 5.15 Å². The summed E-state index contributed by atoms with van der Waals surface area (Å²) in [4.78, 5) is 7.84. The maximum atomic E-state index is 5.83. The molecule has 1 heterocycles. The van der Waals surface area contributed by atoms with Crippen LogP contribution in [0.25, 0.3) is 0 Å². The molecule has 0 bridgehead atoms. The minimum atomic E-state index is 0.189. The fourth-order valence-corrected chi connectivity index (χ4v) is 2.34. The second-order valence-corrected chi connectivity index (χ2v) is 5.25. The Morgan fingerprint density at radius 1 is 1.29 bits per heavy atom. The number of halogens is 1. The molecule has 0 amide bonds. The van der Waals surface area contributed by atoms with Crippen LogP contribution in [-0.4, -0.2) is 16.1 Å². The molecule has 94 valence electrons. The lowest BCUT2D eigenvalue weighted by molar-refractivity contribution is 0.0970. The van der Waals surface area contributed by atoms with Crippen molar-refractivity contribution in [2.45, 2.75) is 39.2 Å². The van der Waals surface area contributed by atoms with Crippen LogP contribution in [0.15, 0.2) is 6.33 Å². The summed E-state index contributed by atoms with van der Waals surface area (Å²) in [7, 11) is 0. The van der Waals surface area contributed by atoms with Crippen molar-refractivity contribution in [1.29, 1.82) is 0 Å². The quantitative estimate of drug-likeness (QED) is 0.826. The normalized spacial score (nSPS) is 29.0. The molecule has 1 aliphatic carbocycles. The first kappa shape index (κ1) is 12.4. The zero-order valence-electron chi connectivity index (χ0n) is 10.2. The zero-order valence-corrected chi connectivity index (χ0v) is 10.9. The van der Waals surface area contributed by atoms with Gasteiger partial charge in [0.25, 0.3) is 0 Å². The van der Waals surface area contributed by atoms with Crippen LogP contribution < -0.4 is 10.5 Å². The molecule has 2 rings (SSSR count). The molecule has 3 atom stereocenters. The highest BCUT2D eigenvalue weighted by atomic mass is 35.5. The molecule has 1 saturated carbocycles. The van der Waals surface area contributed by atoms with E-state index in [9.17, 15) is 0 Å². The summed E-state index contributed by atoms with van der Waals surface area (Å²) in [6.07, 6.45) is 4.84. The highest BCUT2D eigenvalue weighted by Crippen LogP contribution is 2.33. The van der Waals surface area contributed by atoms with Crippen LogP contribution in [0, 0.1) is 11.8 Å². The molecule has 5 heteroatoms. The first-order valence-corrected chi connectivity index (χ1v) is 6.38. The number of nitrogens with two attached hydrogens (primary N) is 1. The Labute approximate surface area is 107 Å². The molecule has 2 N–H and O–H groups in total. The summed E-state index contributed by atoms with van der Waals surface area (Å²) in [5.41, 5.74) is 6.11. The summed E-state index contributed by atoms with van der Waals surface area (Å²) >= 11 is 5.83. The van der Waals surface area contributed by atoms with Gasteiger partial charge >= 0.3 is 0 Å². The molecule has 0 radical (unpaired) electrons. The lowest BCUT2D eigenvalue weighted by Crippen LogP contribution is -2.29. The number of nitrogen functional groups attached to an aromatic ring is 1. The lowest BCUT2D eigenvalue weighted by Gasteiger charge is -2.32. The van der Waals surface area contributed by atoms with Gasteiger partial charge < -0.3 is 10.5 Å². The summed E-state index contributed by atoms with van der Waals surface area (Å²) in [5.74, 6) is 1.85. The van der Waals surface area contributed by atoms with E-state index in [-0.39, 0.29) is 11.3 Å². The van der Waals surface area contributed by atoms with Crippen molar-refractivity contribution < 1.29 is 4.74 Å². The fourth-order valence-electron chi connectivity index (χ4n) is 2.22. The van der Waals surface area contributed by atoms with Gasteiger partial charge in [0.1, 0.15) is 18.1 Å². The molecule has 4 nitrogen and oxygen atoms in total. The minimum Gasteiger partial charge on any atom is -0.473 e. The zero-order chi connectivity index (χ0) is 12.4. The maximum absolute atomic E-state index is 5.83. The smallest absolute Gasteiger partial charge is 0.242 e. The van der Waals surface area contributed by atoms with E-state index in [0.717, 1.165) is 18.8 Å². The van der Waals surface area contributed by atoms with Gasteiger partial charge in [-0.2, -0.15) is 4.98 Å². The molecule has 0 saturated heterocycles. The van der Waals surface area contributed by atoms with Crippen molar-refractivity contribution in [3.05, 3.63) is 11.5 Å². The molecule has 17 heavy (non-hydrogen) atoms. The Bertz CT molecular complexity index is 399. The summed E-state index contributed by atoms with van der Waals surface area (Å²) in [6.45, 7) is 4.55. The van der Waals surface area contributed by atoms with Crippen molar-refractivity contribution in [3.8, 4) is 5.88 Å². The molecule has 1 aromatic heterocycles. The molecule has 0 spiro atoms. The van der Waals surface area contributed by atoms with Gasteiger partial charge in [0, 0.05) is 0 Å². The molecular formula is C12H18ClN3O. The van der Waals surface area contributed by atoms with Gasteiger partial charge in [-0.15, -0.1) is 0 Å². The van der Waals surface area contributed by atoms with Gasteiger partial charge in [-0.1, -0.05) is 25.4 Å². The first-order chi connectivity index (χ1) is 8.08. The Hall–Kier alpha value is -1.03. The Kier molecular flexibility index (Phi) is 3.72. The van der Waals surface area contributed by atoms with E-state index in [4.69, 9.17) is 22.1 Å². The van der Waals surface area contributed by atoms with E-state index in [1.54, 1.807) is 0 Å². The minimum absolute atomic E-state index is 0.189. The number of hydrogen-bond acceptors (Lipinski definition) is 4. The van der Waals surface area contributed by atoms with Crippen LogP contribution in [0.4, 0.5) is 5.69 Å². The molecule has 1 fully saturated rings. The summed E-state index contributed by atoms with van der Waals surface area (Å²) in [5, 5.41) is 0.257. The van der Waals surface area contributed by atoms with E-state index in [2.05, 4.69) is 23.8 Å². The fraction of sp³-hybridized carbons (Fsp3) is 0.667. The number of aromatic nitrogens is 2. The Morgan fingerprint density at radius 2 is 2.06 bits per heavy atom. The highest BCUT2D eigenvalue weighted by Gasteiger charge is 2.26. The monoisotopic (exact) mass is 255 g/mol. The van der Waals surface area contributed by atoms with Crippen molar-refractivity contribution in [3.63, 3.8) is 0 Å². The van der Waals surface area contributed by atoms with E-state index >= 15 is 0 Å². The SMILES string of the molecule is CC1CCC(Oc2ncnc(Cl)c2N)CC1C. The van der Waals surface area contributed by atoms with Gasteiger partial charge in [0.05, 0.1) is 0 Å². The average Bonchev–Trinajstić information content (AvgIpc) is 2.30. The van der Waals surface area contributed by atoms with Gasteiger partial charge in [-0.3, -0.25) is 0 Å². The standard InChI is InChI=1S/C12H18ClN3O/c1-7-3-4-9(5-8(7)2)17-12-10(14)11(13)15-6-16-12/h6-9H,3-5,14H2,1-2H3. The van der Waals surface area contributed by atoms with Gasteiger partial charge in [-0.25, -0.2) is 4.98 Å². The Morgan fingerprint density at radius 3 is 2.76 bits per heavy atom. The van der Waals surface area contributed by atoms with Crippen LogP contribution in [0.3, 0.4) is 0 Å². The molecule has 3 unspecified atom stereocenters. The maximum Gasteiger partial charge on any atom is 0.242 e.